The summed E-state index contributed by atoms with van der Waals surface area (Å²) in [6.07, 6.45) is 0. The normalized spacial score (nSPS) is 18.0. The summed E-state index contributed by atoms with van der Waals surface area (Å²) in [6.45, 7) is 0. The maximum absolute atomic E-state index is 11.8. The number of thiophene rings is 1. The third-order valence-corrected chi connectivity index (χ3v) is 5.98. The van der Waals surface area contributed by atoms with Crippen LogP contribution in [0.1, 0.15) is 16.0 Å². The van der Waals surface area contributed by atoms with Crippen LogP contribution in [0.4, 0.5) is 0 Å². The van der Waals surface area contributed by atoms with Crippen molar-refractivity contribution in [3.8, 4) is 22.3 Å². The van der Waals surface area contributed by atoms with Gasteiger partial charge >= 0.3 is 0 Å². The van der Waals surface area contributed by atoms with Gasteiger partial charge in [-0.1, -0.05) is 72.8 Å². The van der Waals surface area contributed by atoms with E-state index in [-0.39, 0.29) is 0 Å². The molecule has 1 aliphatic carbocycles. The van der Waals surface area contributed by atoms with Gasteiger partial charge < -0.3 is 5.11 Å². The van der Waals surface area contributed by atoms with E-state index >= 15 is 0 Å². The number of hydrogen-bond acceptors (Lipinski definition) is 2. The smallest absolute Gasteiger partial charge is 0.150 e. The highest BCUT2D eigenvalue weighted by atomic mass is 32.1. The van der Waals surface area contributed by atoms with E-state index in [4.69, 9.17) is 0 Å². The molecule has 3 aromatic carbocycles. The Bertz CT molecular complexity index is 1050. The van der Waals surface area contributed by atoms with Gasteiger partial charge in [0.25, 0.3) is 0 Å². The number of hydrogen-bond donors (Lipinski definition) is 1. The van der Waals surface area contributed by atoms with Crippen LogP contribution in [0, 0.1) is 0 Å². The SMILES string of the molecule is OC1(c2cccs2)c2ccccc2-c2ccc(-c3ccccc3)cc21. The lowest BCUT2D eigenvalue weighted by Crippen LogP contribution is -2.24. The van der Waals surface area contributed by atoms with Crippen LogP contribution in [0.2, 0.25) is 0 Å². The minimum Gasteiger partial charge on any atom is -0.375 e. The minimum atomic E-state index is -1.08. The van der Waals surface area contributed by atoms with Gasteiger partial charge in [-0.2, -0.15) is 0 Å². The summed E-state index contributed by atoms with van der Waals surface area (Å²) in [5, 5.41) is 13.9. The summed E-state index contributed by atoms with van der Waals surface area (Å²) in [7, 11) is 0. The van der Waals surface area contributed by atoms with E-state index in [0.717, 1.165) is 38.3 Å². The van der Waals surface area contributed by atoms with Crippen molar-refractivity contribution in [3.05, 3.63) is 106 Å². The Balaban J connectivity index is 1.80. The molecule has 0 saturated carbocycles. The van der Waals surface area contributed by atoms with Gasteiger partial charge in [-0.05, 0) is 39.8 Å². The predicted molar refractivity (Wildman–Crippen MR) is 104 cm³/mol. The number of rotatable bonds is 2. The van der Waals surface area contributed by atoms with Crippen molar-refractivity contribution < 1.29 is 5.11 Å². The zero-order chi connectivity index (χ0) is 16.9. The Kier molecular flexibility index (Phi) is 3.17. The third kappa shape index (κ3) is 2.05. The van der Waals surface area contributed by atoms with E-state index in [0.29, 0.717) is 0 Å². The molecule has 1 heterocycles. The lowest BCUT2D eigenvalue weighted by molar-refractivity contribution is 0.135. The van der Waals surface area contributed by atoms with Gasteiger partial charge in [-0.3, -0.25) is 0 Å². The van der Waals surface area contributed by atoms with Crippen LogP contribution in [0.25, 0.3) is 22.3 Å². The Labute approximate surface area is 150 Å². The quantitative estimate of drug-likeness (QED) is 0.498. The van der Waals surface area contributed by atoms with Crippen LogP contribution in [0.3, 0.4) is 0 Å². The van der Waals surface area contributed by atoms with E-state index in [9.17, 15) is 5.11 Å². The third-order valence-electron chi connectivity index (χ3n) is 5.00. The monoisotopic (exact) mass is 340 g/mol. The molecule has 2 heteroatoms. The standard InChI is InChI=1S/C23H16OS/c24-23(22-11-6-14-25-22)20-10-5-4-9-18(20)19-13-12-17(15-21(19)23)16-7-2-1-3-8-16/h1-15,24H. The minimum absolute atomic E-state index is 0.962. The molecular weight excluding hydrogens is 324 g/mol. The van der Waals surface area contributed by atoms with Crippen LogP contribution in [0.15, 0.2) is 90.3 Å². The fourth-order valence-corrected chi connectivity index (χ4v) is 4.67. The molecule has 5 rings (SSSR count). The van der Waals surface area contributed by atoms with Gasteiger partial charge in [0.1, 0.15) is 0 Å². The first-order valence-corrected chi connectivity index (χ1v) is 9.22. The second-order valence-electron chi connectivity index (χ2n) is 6.36. The lowest BCUT2D eigenvalue weighted by atomic mass is 9.88. The van der Waals surface area contributed by atoms with Crippen molar-refractivity contribution in [3.63, 3.8) is 0 Å². The molecule has 1 unspecified atom stereocenters. The van der Waals surface area contributed by atoms with Crippen LogP contribution < -0.4 is 0 Å². The molecule has 0 fully saturated rings. The molecule has 0 amide bonds. The molecular formula is C23H16OS. The van der Waals surface area contributed by atoms with Gasteiger partial charge in [0.15, 0.2) is 5.60 Å². The van der Waals surface area contributed by atoms with Crippen molar-refractivity contribution >= 4 is 11.3 Å². The molecule has 0 spiro atoms. The van der Waals surface area contributed by atoms with E-state index < -0.39 is 5.60 Å². The second kappa shape index (κ2) is 5.41. The van der Waals surface area contributed by atoms with Crippen molar-refractivity contribution in [2.24, 2.45) is 0 Å². The zero-order valence-corrected chi connectivity index (χ0v) is 14.3. The fourth-order valence-electron chi connectivity index (χ4n) is 3.82. The van der Waals surface area contributed by atoms with Crippen molar-refractivity contribution in [1.82, 2.24) is 0 Å². The Morgan fingerprint density at radius 3 is 2.20 bits per heavy atom. The largest absolute Gasteiger partial charge is 0.375 e. The molecule has 120 valence electrons. The molecule has 1 atom stereocenters. The Morgan fingerprint density at radius 1 is 0.640 bits per heavy atom. The highest BCUT2D eigenvalue weighted by Crippen LogP contribution is 2.52. The Morgan fingerprint density at radius 2 is 1.40 bits per heavy atom. The number of fused-ring (bicyclic) bond motifs is 3. The highest BCUT2D eigenvalue weighted by molar-refractivity contribution is 7.10. The van der Waals surface area contributed by atoms with E-state index in [1.165, 1.54) is 0 Å². The molecule has 1 aliphatic rings. The molecule has 0 aliphatic heterocycles. The maximum Gasteiger partial charge on any atom is 0.150 e. The van der Waals surface area contributed by atoms with Gasteiger partial charge in [0, 0.05) is 16.0 Å². The van der Waals surface area contributed by atoms with Crippen molar-refractivity contribution in [2.45, 2.75) is 5.60 Å². The average Bonchev–Trinajstić information content (AvgIpc) is 3.30. The Hall–Kier alpha value is -2.68. The van der Waals surface area contributed by atoms with Crippen LogP contribution in [0.5, 0.6) is 0 Å². The van der Waals surface area contributed by atoms with Crippen LogP contribution in [-0.4, -0.2) is 5.11 Å². The first kappa shape index (κ1) is 14.6. The molecule has 1 nitrogen and oxygen atoms in total. The first-order chi connectivity index (χ1) is 12.3. The summed E-state index contributed by atoms with van der Waals surface area (Å²) < 4.78 is 0. The lowest BCUT2D eigenvalue weighted by Gasteiger charge is -2.25. The molecule has 0 bridgehead atoms. The van der Waals surface area contributed by atoms with Crippen LogP contribution >= 0.6 is 11.3 Å². The second-order valence-corrected chi connectivity index (χ2v) is 7.31. The van der Waals surface area contributed by atoms with E-state index in [1.807, 2.05) is 53.9 Å². The first-order valence-electron chi connectivity index (χ1n) is 8.34. The molecule has 1 N–H and O–H groups in total. The summed E-state index contributed by atoms with van der Waals surface area (Å²) >= 11 is 1.60. The van der Waals surface area contributed by atoms with Gasteiger partial charge in [-0.25, -0.2) is 0 Å². The number of aliphatic hydroxyl groups is 1. The van der Waals surface area contributed by atoms with Crippen molar-refractivity contribution in [2.75, 3.05) is 0 Å². The molecule has 4 aromatic rings. The molecule has 25 heavy (non-hydrogen) atoms. The van der Waals surface area contributed by atoms with E-state index in [2.05, 4.69) is 36.4 Å². The summed E-state index contributed by atoms with van der Waals surface area (Å²) in [6, 6.07) is 28.9. The zero-order valence-electron chi connectivity index (χ0n) is 13.5. The van der Waals surface area contributed by atoms with Gasteiger partial charge in [0.05, 0.1) is 0 Å². The van der Waals surface area contributed by atoms with Gasteiger partial charge in [-0.15, -0.1) is 11.3 Å². The topological polar surface area (TPSA) is 20.2 Å². The fraction of sp³-hybridized carbons (Fsp3) is 0.0435. The van der Waals surface area contributed by atoms with Crippen molar-refractivity contribution in [1.29, 1.82) is 0 Å². The average molecular weight is 340 g/mol. The predicted octanol–water partition coefficient (Wildman–Crippen LogP) is 5.68. The van der Waals surface area contributed by atoms with E-state index in [1.54, 1.807) is 11.3 Å². The highest BCUT2D eigenvalue weighted by Gasteiger charge is 2.43. The molecule has 0 saturated heterocycles. The molecule has 0 radical (unpaired) electrons. The summed E-state index contributed by atoms with van der Waals surface area (Å²) in [5.74, 6) is 0. The number of benzene rings is 3. The van der Waals surface area contributed by atoms with Crippen LogP contribution in [-0.2, 0) is 5.60 Å². The molecule has 1 aromatic heterocycles. The summed E-state index contributed by atoms with van der Waals surface area (Å²) in [5.41, 5.74) is 5.39. The van der Waals surface area contributed by atoms with Gasteiger partial charge in [0.2, 0.25) is 0 Å². The summed E-state index contributed by atoms with van der Waals surface area (Å²) in [4.78, 5) is 0.962. The maximum atomic E-state index is 11.8.